The molecule has 0 unspecified atom stereocenters. The molecular weight excluding hydrogens is 357 g/mol. The summed E-state index contributed by atoms with van der Waals surface area (Å²) in [5, 5.41) is 13.8. The zero-order valence-electron chi connectivity index (χ0n) is 13.6. The number of hydrogen-bond donors (Lipinski definition) is 2. The average molecular weight is 372 g/mol. The number of amides is 1. The molecule has 2 rings (SSSR count). The van der Waals surface area contributed by atoms with Crippen LogP contribution in [0.5, 0.6) is 5.75 Å². The minimum atomic E-state index is -4.59. The third-order valence-corrected chi connectivity index (χ3v) is 3.26. The highest BCUT2D eigenvalue weighted by atomic mass is 19.4. The topological polar surface area (TPSA) is 110 Å². The summed E-state index contributed by atoms with van der Waals surface area (Å²) in [6, 6.07) is 3.75. The van der Waals surface area contributed by atoms with Gasteiger partial charge in [-0.15, -0.1) is 0 Å². The van der Waals surface area contributed by atoms with E-state index >= 15 is 0 Å². The molecule has 11 heteroatoms. The Morgan fingerprint density at radius 3 is 2.73 bits per heavy atom. The lowest BCUT2D eigenvalue weighted by molar-refractivity contribution is -0.385. The first-order valence-electron chi connectivity index (χ1n) is 7.46. The maximum atomic E-state index is 12.6. The molecule has 0 spiro atoms. The van der Waals surface area contributed by atoms with E-state index in [1.807, 2.05) is 0 Å². The van der Waals surface area contributed by atoms with Gasteiger partial charge in [-0.1, -0.05) is 0 Å². The van der Waals surface area contributed by atoms with E-state index in [9.17, 15) is 28.1 Å². The van der Waals surface area contributed by atoms with Crippen LogP contribution in [0.15, 0.2) is 24.4 Å². The number of nitrogens with one attached hydrogen (secondary N) is 2. The van der Waals surface area contributed by atoms with Gasteiger partial charge in [-0.05, 0) is 18.6 Å². The number of rotatable bonds is 7. The average Bonchev–Trinajstić information content (AvgIpc) is 3.04. The van der Waals surface area contributed by atoms with E-state index in [0.717, 1.165) is 6.07 Å². The standard InChI is InChI=1S/C15H15F3N4O4/c1-9(23)19-5-2-6-26-12-4-3-10(7-11(12)22(24)25)14-20-8-13(21-14)15(16,17)18/h3-4,7-8H,2,5-6H2,1H3,(H,19,23)(H,20,21). The largest absolute Gasteiger partial charge is 0.487 e. The van der Waals surface area contributed by atoms with Crippen LogP contribution in [0.2, 0.25) is 0 Å². The van der Waals surface area contributed by atoms with E-state index in [1.54, 1.807) is 0 Å². The van der Waals surface area contributed by atoms with Crippen molar-refractivity contribution in [3.8, 4) is 17.1 Å². The number of H-pyrrole nitrogens is 1. The summed E-state index contributed by atoms with van der Waals surface area (Å²) >= 11 is 0. The number of hydrogen-bond acceptors (Lipinski definition) is 5. The number of aromatic nitrogens is 2. The van der Waals surface area contributed by atoms with Crippen molar-refractivity contribution < 1.29 is 27.6 Å². The van der Waals surface area contributed by atoms with Crippen LogP contribution in [-0.2, 0) is 11.0 Å². The number of carbonyl (C=O) groups excluding carboxylic acids is 1. The van der Waals surface area contributed by atoms with Gasteiger partial charge in [-0.3, -0.25) is 14.9 Å². The van der Waals surface area contributed by atoms with Crippen molar-refractivity contribution in [2.45, 2.75) is 19.5 Å². The van der Waals surface area contributed by atoms with E-state index in [-0.39, 0.29) is 29.7 Å². The van der Waals surface area contributed by atoms with E-state index in [1.165, 1.54) is 19.1 Å². The summed E-state index contributed by atoms with van der Waals surface area (Å²) in [6.07, 6.45) is -3.53. The Hall–Kier alpha value is -3.11. The third-order valence-electron chi connectivity index (χ3n) is 3.26. The molecule has 1 aromatic carbocycles. The van der Waals surface area contributed by atoms with Gasteiger partial charge in [0.25, 0.3) is 0 Å². The van der Waals surface area contributed by atoms with Crippen molar-refractivity contribution in [3.05, 3.63) is 40.2 Å². The quantitative estimate of drug-likeness (QED) is 0.441. The van der Waals surface area contributed by atoms with Crippen LogP contribution >= 0.6 is 0 Å². The molecule has 8 nitrogen and oxygen atoms in total. The zero-order chi connectivity index (χ0) is 19.3. The van der Waals surface area contributed by atoms with Gasteiger partial charge in [0.2, 0.25) is 5.91 Å². The number of ether oxygens (including phenoxy) is 1. The fraction of sp³-hybridized carbons (Fsp3) is 0.333. The van der Waals surface area contributed by atoms with Gasteiger partial charge in [0, 0.05) is 25.1 Å². The Kier molecular flexibility index (Phi) is 5.80. The number of carbonyl (C=O) groups is 1. The number of halogens is 3. The maximum absolute atomic E-state index is 12.6. The Bertz CT molecular complexity index is 804. The predicted molar refractivity (Wildman–Crippen MR) is 84.5 cm³/mol. The van der Waals surface area contributed by atoms with Gasteiger partial charge in [-0.2, -0.15) is 13.2 Å². The van der Waals surface area contributed by atoms with Gasteiger partial charge >= 0.3 is 11.9 Å². The zero-order valence-corrected chi connectivity index (χ0v) is 13.6. The lowest BCUT2D eigenvalue weighted by atomic mass is 10.2. The van der Waals surface area contributed by atoms with E-state index in [2.05, 4.69) is 15.3 Å². The lowest BCUT2D eigenvalue weighted by Gasteiger charge is -2.08. The molecule has 140 valence electrons. The van der Waals surface area contributed by atoms with Crippen LogP contribution < -0.4 is 10.1 Å². The lowest BCUT2D eigenvalue weighted by Crippen LogP contribution is -2.22. The highest BCUT2D eigenvalue weighted by molar-refractivity contribution is 5.72. The van der Waals surface area contributed by atoms with Crippen molar-refractivity contribution in [1.29, 1.82) is 0 Å². The molecule has 1 amide bonds. The molecule has 0 saturated carbocycles. The maximum Gasteiger partial charge on any atom is 0.432 e. The normalized spacial score (nSPS) is 11.2. The molecule has 0 bridgehead atoms. The molecule has 2 aromatic rings. The third kappa shape index (κ3) is 4.94. The molecular formula is C15H15F3N4O4. The number of nitro benzene ring substituents is 1. The second-order valence-corrected chi connectivity index (χ2v) is 5.27. The first kappa shape index (κ1) is 19.2. The Morgan fingerprint density at radius 1 is 1.42 bits per heavy atom. The van der Waals surface area contributed by atoms with E-state index in [4.69, 9.17) is 4.74 Å². The molecule has 1 heterocycles. The van der Waals surface area contributed by atoms with Gasteiger partial charge in [-0.25, -0.2) is 4.98 Å². The molecule has 26 heavy (non-hydrogen) atoms. The number of nitro groups is 1. The molecule has 2 N–H and O–H groups in total. The molecule has 0 aliphatic carbocycles. The Morgan fingerprint density at radius 2 is 2.15 bits per heavy atom. The van der Waals surface area contributed by atoms with Crippen molar-refractivity contribution in [3.63, 3.8) is 0 Å². The van der Waals surface area contributed by atoms with Gasteiger partial charge in [0.1, 0.15) is 11.5 Å². The van der Waals surface area contributed by atoms with E-state index < -0.39 is 22.5 Å². The summed E-state index contributed by atoms with van der Waals surface area (Å²) in [5.74, 6) is -0.362. The van der Waals surface area contributed by atoms with Crippen molar-refractivity contribution >= 4 is 11.6 Å². The minimum absolute atomic E-state index is 0.0239. The molecule has 0 aliphatic rings. The summed E-state index contributed by atoms with van der Waals surface area (Å²) in [4.78, 5) is 26.9. The number of aromatic amines is 1. The van der Waals surface area contributed by atoms with Gasteiger partial charge in [0.05, 0.1) is 17.7 Å². The molecule has 0 aliphatic heterocycles. The van der Waals surface area contributed by atoms with Crippen LogP contribution in [0, 0.1) is 10.1 Å². The summed E-state index contributed by atoms with van der Waals surface area (Å²) < 4.78 is 43.2. The predicted octanol–water partition coefficient (Wildman–Crippen LogP) is 2.91. The first-order chi connectivity index (χ1) is 12.2. The molecule has 1 aromatic heterocycles. The number of imidazole rings is 1. The summed E-state index contributed by atoms with van der Waals surface area (Å²) in [7, 11) is 0. The minimum Gasteiger partial charge on any atom is -0.487 e. The van der Waals surface area contributed by atoms with Crippen molar-refractivity contribution in [1.82, 2.24) is 15.3 Å². The van der Waals surface area contributed by atoms with Crippen LogP contribution in [0.1, 0.15) is 19.0 Å². The number of benzene rings is 1. The van der Waals surface area contributed by atoms with Crippen molar-refractivity contribution in [2.24, 2.45) is 0 Å². The number of alkyl halides is 3. The highest BCUT2D eigenvalue weighted by Gasteiger charge is 2.33. The fourth-order valence-corrected chi connectivity index (χ4v) is 2.06. The SMILES string of the molecule is CC(=O)NCCCOc1ccc(-c2ncc(C(F)(F)F)[nH]2)cc1[N+](=O)[O-]. The number of nitrogens with zero attached hydrogens (tertiary/aromatic N) is 2. The Balaban J connectivity index is 2.14. The highest BCUT2D eigenvalue weighted by Crippen LogP contribution is 2.33. The van der Waals surface area contributed by atoms with E-state index in [0.29, 0.717) is 19.2 Å². The molecule has 0 radical (unpaired) electrons. The van der Waals surface area contributed by atoms with Gasteiger partial charge < -0.3 is 15.0 Å². The molecule has 0 fully saturated rings. The molecule has 0 saturated heterocycles. The first-order valence-corrected chi connectivity index (χ1v) is 7.46. The van der Waals surface area contributed by atoms with Crippen LogP contribution in [0.3, 0.4) is 0 Å². The summed E-state index contributed by atoms with van der Waals surface area (Å²) in [6.45, 7) is 1.84. The second-order valence-electron chi connectivity index (χ2n) is 5.27. The van der Waals surface area contributed by atoms with Gasteiger partial charge in [0.15, 0.2) is 5.75 Å². The monoisotopic (exact) mass is 372 g/mol. The smallest absolute Gasteiger partial charge is 0.432 e. The van der Waals surface area contributed by atoms with Crippen molar-refractivity contribution in [2.75, 3.05) is 13.2 Å². The Labute approximate surface area is 145 Å². The van der Waals surface area contributed by atoms with Crippen LogP contribution in [0.4, 0.5) is 18.9 Å². The molecule has 0 atom stereocenters. The summed E-state index contributed by atoms with van der Waals surface area (Å²) in [5.41, 5.74) is -1.32. The van der Waals surface area contributed by atoms with Crippen LogP contribution in [-0.4, -0.2) is 34.0 Å². The fourth-order valence-electron chi connectivity index (χ4n) is 2.06. The second kappa shape index (κ2) is 7.85. The van der Waals surface area contributed by atoms with Crippen LogP contribution in [0.25, 0.3) is 11.4 Å².